The fraction of sp³-hybridized carbons (Fsp3) is 0.571. The Labute approximate surface area is 430 Å². The number of fused-ring (bicyclic) bond motifs is 2. The number of hydrogen-bond donors (Lipinski definition) is 0. The van der Waals surface area contributed by atoms with Gasteiger partial charge in [0.25, 0.3) is 0 Å². The molecule has 2 aromatic carbocycles. The number of likely N-dealkylation sites (tertiary alicyclic amines) is 1. The summed E-state index contributed by atoms with van der Waals surface area (Å²) in [5.74, 6) is 0.803. The molecule has 18 heteroatoms. The van der Waals surface area contributed by atoms with Crippen LogP contribution in [0.1, 0.15) is 97.2 Å². The van der Waals surface area contributed by atoms with Crippen molar-refractivity contribution in [2.45, 2.75) is 95.9 Å². The minimum absolute atomic E-state index is 0.0441. The molecule has 4 saturated heterocycles. The molecule has 0 radical (unpaired) electrons. The Bertz CT molecular complexity index is 2880. The highest BCUT2D eigenvalue weighted by molar-refractivity contribution is 6.05. The van der Waals surface area contributed by atoms with Gasteiger partial charge in [-0.25, -0.2) is 4.79 Å². The monoisotopic (exact) mass is 1020 g/mol. The maximum Gasteiger partial charge on any atom is 0.418 e. The summed E-state index contributed by atoms with van der Waals surface area (Å²) in [6, 6.07) is 14.8. The van der Waals surface area contributed by atoms with Crippen molar-refractivity contribution < 1.29 is 37.0 Å². The summed E-state index contributed by atoms with van der Waals surface area (Å²) in [5.41, 5.74) is 2.75. The molecule has 7 heterocycles. The van der Waals surface area contributed by atoms with Gasteiger partial charge in [-0.3, -0.25) is 28.4 Å². The van der Waals surface area contributed by atoms with Gasteiger partial charge in [0, 0.05) is 139 Å². The highest BCUT2D eigenvalue weighted by Crippen LogP contribution is 2.39. The van der Waals surface area contributed by atoms with Gasteiger partial charge in [-0.15, -0.1) is 10.2 Å². The number of aryl methyl sites for hydroxylation is 1. The molecule has 396 valence electrons. The molecule has 0 saturated carbocycles. The Morgan fingerprint density at radius 2 is 1.65 bits per heavy atom. The normalized spacial score (nSPS) is 20.8. The lowest BCUT2D eigenvalue weighted by atomic mass is 9.75. The Morgan fingerprint density at radius 1 is 0.892 bits per heavy atom. The average molecular weight is 1020 g/mol. The molecule has 0 amide bonds. The minimum Gasteiger partial charge on any atom is -0.379 e. The predicted molar refractivity (Wildman–Crippen MR) is 274 cm³/mol. The number of hydrogen-bond acceptors (Lipinski definition) is 12. The first-order valence-electron chi connectivity index (χ1n) is 26.7. The van der Waals surface area contributed by atoms with E-state index in [2.05, 4.69) is 41.9 Å². The number of piperidine rings is 2. The second kappa shape index (κ2) is 22.0. The van der Waals surface area contributed by atoms with Crippen LogP contribution in [-0.2, 0) is 57.1 Å². The molecular weight excluding hydrogens is 952 g/mol. The number of halogens is 3. The molecule has 0 bridgehead atoms. The molecule has 1 unspecified atom stereocenters. The van der Waals surface area contributed by atoms with Crippen molar-refractivity contribution in [1.29, 1.82) is 0 Å². The lowest BCUT2D eigenvalue weighted by Crippen LogP contribution is -2.49. The third kappa shape index (κ3) is 11.2. The van der Waals surface area contributed by atoms with Gasteiger partial charge in [-0.1, -0.05) is 19.1 Å². The molecule has 3 aromatic heterocycles. The molecule has 15 nitrogen and oxygen atoms in total. The number of pyridine rings is 1. The highest BCUT2D eigenvalue weighted by Gasteiger charge is 2.43. The van der Waals surface area contributed by atoms with Crippen LogP contribution in [0.25, 0.3) is 11.2 Å². The SMILES string of the molecule is CCC(=O)[C@@H](CCC(C)=O)C1Cc2cc(N3CCC(CN4CCN(CCOC5CCN(Cc6cc(C(F)(F)F)c7cn(-c8cccc(C9(Cc%10nncn%10C)COC9)c8)c(=O)n7c6)CC5)CC4)CC3)ccc2C1=O. The second-order valence-corrected chi connectivity index (χ2v) is 21.8. The number of imidazole rings is 1. The number of carbonyl (C=O) groups is 3. The standard InChI is InChI=1S/C56H70F3N9O6/c1-4-51(70)47(10-8-38(2)69)48-28-41-27-43(9-11-46(41)53(48)71)66-18-12-39(13-19-66)31-65-22-20-63(21-23-65)24-25-74-45-14-16-64(17-15-45)32-40-26-49(56(57,58)59)50-34-67(54(72)68(50)33-40)44-7-5-6-42(29-44)55(35-73-36-55)30-52-61-60-37-62(52)3/h5-7,9,11,26-27,29,33-34,37,39,45,47-48H,4,8,10,12-25,28,30-32,35-36H2,1-3H3/t47-,48?/m0/s1. The Balaban J connectivity index is 0.658. The number of Topliss-reactive ketones (excluding diaryl/α,β-unsaturated/α-hetero) is 3. The van der Waals surface area contributed by atoms with E-state index in [0.29, 0.717) is 88.7 Å². The maximum absolute atomic E-state index is 14.7. The van der Waals surface area contributed by atoms with Crippen molar-refractivity contribution in [2.24, 2.45) is 24.8 Å². The van der Waals surface area contributed by atoms with Crippen LogP contribution in [0.5, 0.6) is 0 Å². The summed E-state index contributed by atoms with van der Waals surface area (Å²) in [5, 5.41) is 8.25. The quantitative estimate of drug-likeness (QED) is 0.0883. The second-order valence-electron chi connectivity index (χ2n) is 21.8. The van der Waals surface area contributed by atoms with Gasteiger partial charge in [0.05, 0.1) is 42.7 Å². The van der Waals surface area contributed by atoms with Gasteiger partial charge in [0.2, 0.25) is 0 Å². The fourth-order valence-electron chi connectivity index (χ4n) is 12.2. The Morgan fingerprint density at radius 3 is 2.32 bits per heavy atom. The van der Waals surface area contributed by atoms with Crippen LogP contribution in [0.15, 0.2) is 72.0 Å². The number of aromatic nitrogens is 5. The number of alkyl halides is 3. The summed E-state index contributed by atoms with van der Waals surface area (Å²) in [4.78, 5) is 61.7. The first kappa shape index (κ1) is 51.9. The molecule has 1 aliphatic carbocycles. The van der Waals surface area contributed by atoms with Crippen LogP contribution in [0.3, 0.4) is 0 Å². The summed E-state index contributed by atoms with van der Waals surface area (Å²) in [6.45, 7) is 14.5. The van der Waals surface area contributed by atoms with Crippen molar-refractivity contribution >= 4 is 28.6 Å². The van der Waals surface area contributed by atoms with Crippen LogP contribution in [0.2, 0.25) is 0 Å². The third-order valence-corrected chi connectivity index (χ3v) is 16.8. The molecule has 0 spiro atoms. The molecule has 10 rings (SSSR count). The smallest absolute Gasteiger partial charge is 0.379 e. The molecule has 2 atom stereocenters. The van der Waals surface area contributed by atoms with Crippen molar-refractivity contribution in [1.82, 2.24) is 38.4 Å². The third-order valence-electron chi connectivity index (χ3n) is 16.8. The first-order valence-corrected chi connectivity index (χ1v) is 26.7. The molecule has 0 N–H and O–H groups in total. The summed E-state index contributed by atoms with van der Waals surface area (Å²) in [6.07, 6.45) is 5.99. The number of piperazine rings is 1. The van der Waals surface area contributed by atoms with Crippen molar-refractivity contribution in [3.63, 3.8) is 0 Å². The van der Waals surface area contributed by atoms with E-state index in [0.717, 1.165) is 111 Å². The van der Waals surface area contributed by atoms with E-state index in [9.17, 15) is 32.3 Å². The number of benzene rings is 2. The topological polar surface area (TPSA) is 140 Å². The lowest BCUT2D eigenvalue weighted by Gasteiger charge is -2.41. The number of anilines is 1. The highest BCUT2D eigenvalue weighted by atomic mass is 19.4. The van der Waals surface area contributed by atoms with Crippen LogP contribution >= 0.6 is 0 Å². The van der Waals surface area contributed by atoms with Crippen molar-refractivity contribution in [3.05, 3.63) is 111 Å². The van der Waals surface area contributed by atoms with E-state index in [1.807, 2.05) is 42.8 Å². The van der Waals surface area contributed by atoms with E-state index >= 15 is 0 Å². The lowest BCUT2D eigenvalue weighted by molar-refractivity contribution is -0.136. The Kier molecular flexibility index (Phi) is 15.4. The molecule has 74 heavy (non-hydrogen) atoms. The zero-order valence-electron chi connectivity index (χ0n) is 43.0. The fourth-order valence-corrected chi connectivity index (χ4v) is 12.2. The summed E-state index contributed by atoms with van der Waals surface area (Å²) >= 11 is 0. The van der Waals surface area contributed by atoms with E-state index in [1.54, 1.807) is 18.6 Å². The molecule has 5 aromatic rings. The number of ketones is 3. The number of nitrogens with zero attached hydrogens (tertiary/aromatic N) is 9. The van der Waals surface area contributed by atoms with Gasteiger partial charge in [-0.2, -0.15) is 13.2 Å². The molecule has 4 aliphatic heterocycles. The minimum atomic E-state index is -4.66. The largest absolute Gasteiger partial charge is 0.418 e. The number of carbonyl (C=O) groups excluding carboxylic acids is 3. The predicted octanol–water partition coefficient (Wildman–Crippen LogP) is 6.58. The van der Waals surface area contributed by atoms with Crippen LogP contribution in [0, 0.1) is 17.8 Å². The first-order chi connectivity index (χ1) is 35.6. The van der Waals surface area contributed by atoms with Gasteiger partial charge in [0.1, 0.15) is 23.7 Å². The van der Waals surface area contributed by atoms with Gasteiger partial charge < -0.3 is 28.6 Å². The van der Waals surface area contributed by atoms with Gasteiger partial charge in [0.15, 0.2) is 5.78 Å². The zero-order chi connectivity index (χ0) is 51.7. The van der Waals surface area contributed by atoms with Crippen molar-refractivity contribution in [2.75, 3.05) is 90.2 Å². The van der Waals surface area contributed by atoms with E-state index in [4.69, 9.17) is 9.47 Å². The van der Waals surface area contributed by atoms with Gasteiger partial charge >= 0.3 is 11.9 Å². The van der Waals surface area contributed by atoms with E-state index in [-0.39, 0.29) is 34.9 Å². The Hall–Kier alpha value is -5.53. The zero-order valence-corrected chi connectivity index (χ0v) is 43.0. The van der Waals surface area contributed by atoms with Crippen molar-refractivity contribution in [3.8, 4) is 5.69 Å². The van der Waals surface area contributed by atoms with Gasteiger partial charge in [-0.05, 0) is 104 Å². The molecular formula is C56H70F3N9O6. The van der Waals surface area contributed by atoms with Crippen LogP contribution in [0.4, 0.5) is 18.9 Å². The summed E-state index contributed by atoms with van der Waals surface area (Å²) in [7, 11) is 1.88. The summed E-state index contributed by atoms with van der Waals surface area (Å²) < 4.78 is 60.4. The molecule has 5 aliphatic rings. The van der Waals surface area contributed by atoms with Crippen LogP contribution in [-0.4, -0.2) is 147 Å². The van der Waals surface area contributed by atoms with E-state index < -0.39 is 28.8 Å². The van der Waals surface area contributed by atoms with Crippen LogP contribution < -0.4 is 10.6 Å². The van der Waals surface area contributed by atoms with E-state index in [1.165, 1.54) is 23.8 Å². The number of ether oxygens (including phenoxy) is 2. The molecule has 4 fully saturated rings. The maximum atomic E-state index is 14.7. The number of rotatable bonds is 19. The average Bonchev–Trinajstić information content (AvgIpc) is 4.06.